The minimum atomic E-state index is -0.00734. The average molecular weight is 337 g/mol. The maximum absolute atomic E-state index is 12.4. The van der Waals surface area contributed by atoms with Gasteiger partial charge in [0.1, 0.15) is 0 Å². The number of nitrogens with one attached hydrogen (secondary N) is 1. The van der Waals surface area contributed by atoms with Crippen LogP contribution >= 0.6 is 11.3 Å². The van der Waals surface area contributed by atoms with E-state index in [0.29, 0.717) is 5.92 Å². The summed E-state index contributed by atoms with van der Waals surface area (Å²) in [4.78, 5) is 20.4. The Bertz CT molecular complexity index is 554. The molecule has 0 radical (unpaired) electrons. The minimum absolute atomic E-state index is 0.00734. The monoisotopic (exact) mass is 337 g/mol. The predicted molar refractivity (Wildman–Crippen MR) is 92.1 cm³/mol. The molecule has 0 aromatic carbocycles. The molecule has 1 aromatic rings. The molecule has 3 rings (SSSR count). The topological polar surface area (TPSA) is 54.5 Å². The SMILES string of the molecule is Cc1nc2c(s1)CCCC2CN(C)C(=O)NC(C)C1CCCO1. The van der Waals surface area contributed by atoms with Crippen LogP contribution in [-0.2, 0) is 11.2 Å². The zero-order valence-electron chi connectivity index (χ0n) is 14.3. The number of rotatable bonds is 4. The molecule has 1 N–H and O–H groups in total. The van der Waals surface area contributed by atoms with Gasteiger partial charge in [-0.3, -0.25) is 0 Å². The van der Waals surface area contributed by atoms with Gasteiger partial charge in [0.15, 0.2) is 0 Å². The van der Waals surface area contributed by atoms with Gasteiger partial charge in [-0.2, -0.15) is 0 Å². The summed E-state index contributed by atoms with van der Waals surface area (Å²) in [6.07, 6.45) is 5.75. The highest BCUT2D eigenvalue weighted by Gasteiger charge is 2.28. The van der Waals surface area contributed by atoms with Crippen LogP contribution in [0.3, 0.4) is 0 Å². The van der Waals surface area contributed by atoms with E-state index in [1.807, 2.05) is 25.3 Å². The summed E-state index contributed by atoms with van der Waals surface area (Å²) >= 11 is 1.81. The van der Waals surface area contributed by atoms with Gasteiger partial charge in [-0.25, -0.2) is 9.78 Å². The van der Waals surface area contributed by atoms with E-state index in [9.17, 15) is 4.79 Å². The Morgan fingerprint density at radius 1 is 1.48 bits per heavy atom. The zero-order chi connectivity index (χ0) is 16.4. The van der Waals surface area contributed by atoms with E-state index >= 15 is 0 Å². The molecule has 1 aliphatic carbocycles. The highest BCUT2D eigenvalue weighted by atomic mass is 32.1. The molecule has 0 spiro atoms. The highest BCUT2D eigenvalue weighted by molar-refractivity contribution is 7.11. The molecule has 3 unspecified atom stereocenters. The second-order valence-corrected chi connectivity index (χ2v) is 8.09. The van der Waals surface area contributed by atoms with E-state index in [-0.39, 0.29) is 18.2 Å². The van der Waals surface area contributed by atoms with Crippen LogP contribution in [-0.4, -0.2) is 48.3 Å². The first kappa shape index (κ1) is 16.7. The lowest BCUT2D eigenvalue weighted by molar-refractivity contribution is 0.0837. The van der Waals surface area contributed by atoms with Crippen molar-refractivity contribution in [1.29, 1.82) is 0 Å². The fourth-order valence-electron chi connectivity index (χ4n) is 3.62. The first-order valence-electron chi connectivity index (χ1n) is 8.64. The van der Waals surface area contributed by atoms with Crippen molar-refractivity contribution < 1.29 is 9.53 Å². The van der Waals surface area contributed by atoms with Crippen molar-refractivity contribution in [2.75, 3.05) is 20.2 Å². The number of thiazole rings is 1. The van der Waals surface area contributed by atoms with Crippen LogP contribution in [0.15, 0.2) is 0 Å². The second-order valence-electron chi connectivity index (χ2n) is 6.80. The third kappa shape index (κ3) is 3.86. The number of urea groups is 1. The Kier molecular flexibility index (Phi) is 5.21. The van der Waals surface area contributed by atoms with Crippen LogP contribution in [0.2, 0.25) is 0 Å². The molecule has 2 aliphatic rings. The summed E-state index contributed by atoms with van der Waals surface area (Å²) in [5.41, 5.74) is 1.23. The number of fused-ring (bicyclic) bond motifs is 1. The van der Waals surface area contributed by atoms with Crippen molar-refractivity contribution in [3.05, 3.63) is 15.6 Å². The first-order chi connectivity index (χ1) is 11.0. The number of hydrogen-bond donors (Lipinski definition) is 1. The number of carbonyl (C=O) groups is 1. The summed E-state index contributed by atoms with van der Waals surface area (Å²) in [6.45, 7) is 5.65. The molecular formula is C17H27N3O2S. The largest absolute Gasteiger partial charge is 0.376 e. The van der Waals surface area contributed by atoms with Crippen LogP contribution in [0, 0.1) is 6.92 Å². The van der Waals surface area contributed by atoms with Crippen molar-refractivity contribution >= 4 is 17.4 Å². The molecule has 2 amide bonds. The summed E-state index contributed by atoms with van der Waals surface area (Å²) < 4.78 is 5.65. The standard InChI is InChI=1S/C17H27N3O2S/c1-11(14-7-5-9-22-14)18-17(21)20(3)10-13-6-4-8-15-16(13)19-12(2)23-15/h11,13-14H,4-10H2,1-3H3,(H,18,21). The van der Waals surface area contributed by atoms with Crippen LogP contribution in [0.5, 0.6) is 0 Å². The van der Waals surface area contributed by atoms with Crippen LogP contribution in [0.25, 0.3) is 0 Å². The molecule has 6 heteroatoms. The lowest BCUT2D eigenvalue weighted by atomic mass is 9.90. The minimum Gasteiger partial charge on any atom is -0.376 e. The maximum atomic E-state index is 12.4. The van der Waals surface area contributed by atoms with E-state index in [0.717, 1.165) is 43.8 Å². The molecule has 23 heavy (non-hydrogen) atoms. The molecule has 0 bridgehead atoms. The van der Waals surface area contributed by atoms with Gasteiger partial charge in [-0.1, -0.05) is 0 Å². The smallest absolute Gasteiger partial charge is 0.317 e. The van der Waals surface area contributed by atoms with Gasteiger partial charge >= 0.3 is 6.03 Å². The number of hydrogen-bond acceptors (Lipinski definition) is 4. The Morgan fingerprint density at radius 3 is 3.04 bits per heavy atom. The van der Waals surface area contributed by atoms with E-state index in [1.54, 1.807) is 4.90 Å². The third-order valence-corrected chi connectivity index (χ3v) is 5.94. The molecule has 5 nitrogen and oxygen atoms in total. The number of aromatic nitrogens is 1. The average Bonchev–Trinajstić information content (AvgIpc) is 3.15. The van der Waals surface area contributed by atoms with Crippen molar-refractivity contribution in [3.63, 3.8) is 0 Å². The van der Waals surface area contributed by atoms with Gasteiger partial charge < -0.3 is 15.0 Å². The zero-order valence-corrected chi connectivity index (χ0v) is 15.1. The third-order valence-electron chi connectivity index (χ3n) is 4.89. The molecule has 1 aliphatic heterocycles. The fraction of sp³-hybridized carbons (Fsp3) is 0.765. The Balaban J connectivity index is 1.56. The molecule has 3 atom stereocenters. The second kappa shape index (κ2) is 7.18. The van der Waals surface area contributed by atoms with Crippen molar-refractivity contribution in [2.45, 2.75) is 64.0 Å². The molecular weight excluding hydrogens is 310 g/mol. The van der Waals surface area contributed by atoms with E-state index in [4.69, 9.17) is 9.72 Å². The molecule has 1 aromatic heterocycles. The Labute approximate surface area is 142 Å². The van der Waals surface area contributed by atoms with Crippen molar-refractivity contribution in [1.82, 2.24) is 15.2 Å². The number of carbonyl (C=O) groups excluding carboxylic acids is 1. The van der Waals surface area contributed by atoms with E-state index < -0.39 is 0 Å². The molecule has 0 saturated carbocycles. The lowest BCUT2D eigenvalue weighted by Crippen LogP contribution is -2.47. The predicted octanol–water partition coefficient (Wildman–Crippen LogP) is 3.08. The van der Waals surface area contributed by atoms with E-state index in [1.165, 1.54) is 17.0 Å². The molecule has 1 saturated heterocycles. The Morgan fingerprint density at radius 2 is 2.30 bits per heavy atom. The number of amides is 2. The normalized spacial score (nSPS) is 25.0. The molecule has 2 heterocycles. The quantitative estimate of drug-likeness (QED) is 0.918. The van der Waals surface area contributed by atoms with Gasteiger partial charge in [0.05, 0.1) is 22.8 Å². The Hall–Kier alpha value is -1.14. The highest BCUT2D eigenvalue weighted by Crippen LogP contribution is 2.34. The fourth-order valence-corrected chi connectivity index (χ4v) is 4.68. The van der Waals surface area contributed by atoms with Crippen LogP contribution < -0.4 is 5.32 Å². The summed E-state index contributed by atoms with van der Waals surface area (Å²) in [5.74, 6) is 0.373. The van der Waals surface area contributed by atoms with Crippen LogP contribution in [0.1, 0.15) is 54.1 Å². The molecule has 1 fully saturated rings. The van der Waals surface area contributed by atoms with Crippen molar-refractivity contribution in [3.8, 4) is 0 Å². The molecule has 128 valence electrons. The van der Waals surface area contributed by atoms with Crippen LogP contribution in [0.4, 0.5) is 4.79 Å². The number of likely N-dealkylation sites (N-methyl/N-ethyl adjacent to an activating group) is 1. The van der Waals surface area contributed by atoms with Gasteiger partial charge in [0.25, 0.3) is 0 Å². The number of nitrogens with zero attached hydrogens (tertiary/aromatic N) is 2. The van der Waals surface area contributed by atoms with Gasteiger partial charge in [0.2, 0.25) is 0 Å². The lowest BCUT2D eigenvalue weighted by Gasteiger charge is -2.28. The van der Waals surface area contributed by atoms with Gasteiger partial charge in [0, 0.05) is 31.0 Å². The maximum Gasteiger partial charge on any atom is 0.317 e. The summed E-state index contributed by atoms with van der Waals surface area (Å²) in [7, 11) is 1.88. The van der Waals surface area contributed by atoms with Crippen molar-refractivity contribution in [2.24, 2.45) is 0 Å². The number of aryl methyl sites for hydroxylation is 2. The first-order valence-corrected chi connectivity index (χ1v) is 9.45. The summed E-state index contributed by atoms with van der Waals surface area (Å²) in [5, 5.41) is 4.22. The van der Waals surface area contributed by atoms with E-state index in [2.05, 4.69) is 12.2 Å². The van der Waals surface area contributed by atoms with Gasteiger partial charge in [-0.15, -0.1) is 11.3 Å². The number of ether oxygens (including phenoxy) is 1. The van der Waals surface area contributed by atoms with Gasteiger partial charge in [-0.05, 0) is 46.0 Å². The summed E-state index contributed by atoms with van der Waals surface area (Å²) in [6, 6.07) is 0.0583.